The SMILES string of the molecule is COC(=O)c1cccc(C(=O)OC(C)OCC2CCC(COC(C)OC(=O)c3cccc(C(=O)OC)c3)CC2)c1. The van der Waals surface area contributed by atoms with Gasteiger partial charge in [-0.15, -0.1) is 0 Å². The van der Waals surface area contributed by atoms with Crippen molar-refractivity contribution in [1.82, 2.24) is 0 Å². The van der Waals surface area contributed by atoms with Crippen LogP contribution in [-0.2, 0) is 28.4 Å². The molecule has 1 fully saturated rings. The number of ether oxygens (including phenoxy) is 6. The fourth-order valence-corrected chi connectivity index (χ4v) is 4.40. The molecule has 0 radical (unpaired) electrons. The lowest BCUT2D eigenvalue weighted by molar-refractivity contribution is -0.119. The van der Waals surface area contributed by atoms with Gasteiger partial charge in [-0.25, -0.2) is 19.2 Å². The molecule has 0 saturated heterocycles. The highest BCUT2D eigenvalue weighted by Crippen LogP contribution is 2.30. The average molecular weight is 557 g/mol. The van der Waals surface area contributed by atoms with E-state index in [1.165, 1.54) is 26.4 Å². The van der Waals surface area contributed by atoms with Crippen LogP contribution in [-0.4, -0.2) is 63.9 Å². The van der Waals surface area contributed by atoms with Crippen LogP contribution >= 0.6 is 0 Å². The van der Waals surface area contributed by atoms with Gasteiger partial charge in [0.05, 0.1) is 49.7 Å². The van der Waals surface area contributed by atoms with E-state index in [9.17, 15) is 19.2 Å². The van der Waals surface area contributed by atoms with Gasteiger partial charge in [-0.3, -0.25) is 0 Å². The van der Waals surface area contributed by atoms with Crippen molar-refractivity contribution in [1.29, 1.82) is 0 Å². The van der Waals surface area contributed by atoms with Crippen LogP contribution < -0.4 is 0 Å². The maximum absolute atomic E-state index is 12.4. The number of rotatable bonds is 12. The Morgan fingerprint density at radius 1 is 0.625 bits per heavy atom. The Morgan fingerprint density at radius 2 is 0.950 bits per heavy atom. The minimum Gasteiger partial charge on any atom is -0.465 e. The van der Waals surface area contributed by atoms with E-state index < -0.39 is 36.5 Å². The molecule has 2 aromatic carbocycles. The zero-order chi connectivity index (χ0) is 29.1. The number of carbonyl (C=O) groups is 4. The van der Waals surface area contributed by atoms with Crippen LogP contribution in [0.2, 0.25) is 0 Å². The molecule has 0 aliphatic heterocycles. The second-order valence-electron chi connectivity index (χ2n) is 9.64. The number of hydrogen-bond acceptors (Lipinski definition) is 10. The first-order valence-corrected chi connectivity index (χ1v) is 13.2. The lowest BCUT2D eigenvalue weighted by Crippen LogP contribution is -2.27. The summed E-state index contributed by atoms with van der Waals surface area (Å²) in [5.74, 6) is -1.55. The molecule has 0 aromatic heterocycles. The molecular formula is C30H36O10. The lowest BCUT2D eigenvalue weighted by atomic mass is 9.83. The van der Waals surface area contributed by atoms with E-state index in [4.69, 9.17) is 18.9 Å². The normalized spacial score (nSPS) is 18.2. The van der Waals surface area contributed by atoms with E-state index >= 15 is 0 Å². The van der Waals surface area contributed by atoms with E-state index in [0.29, 0.717) is 25.0 Å². The second kappa shape index (κ2) is 15.1. The summed E-state index contributed by atoms with van der Waals surface area (Å²) >= 11 is 0. The molecule has 2 atom stereocenters. The van der Waals surface area contributed by atoms with Gasteiger partial charge >= 0.3 is 23.9 Å². The largest absolute Gasteiger partial charge is 0.465 e. The summed E-state index contributed by atoms with van der Waals surface area (Å²) in [6.07, 6.45) is 2.27. The molecule has 0 heterocycles. The van der Waals surface area contributed by atoms with Gasteiger partial charge in [0.15, 0.2) is 12.6 Å². The van der Waals surface area contributed by atoms with Crippen molar-refractivity contribution >= 4 is 23.9 Å². The summed E-state index contributed by atoms with van der Waals surface area (Å²) in [6.45, 7) is 4.25. The summed E-state index contributed by atoms with van der Waals surface area (Å²) in [5, 5.41) is 0. The van der Waals surface area contributed by atoms with E-state index in [0.717, 1.165) is 25.7 Å². The summed E-state index contributed by atoms with van der Waals surface area (Å²) in [4.78, 5) is 48.2. The molecule has 0 spiro atoms. The van der Waals surface area contributed by atoms with Crippen LogP contribution in [0.1, 0.15) is 81.0 Å². The average Bonchev–Trinajstić information content (AvgIpc) is 2.98. The fourth-order valence-electron chi connectivity index (χ4n) is 4.40. The first-order chi connectivity index (χ1) is 19.2. The van der Waals surface area contributed by atoms with Gasteiger partial charge < -0.3 is 28.4 Å². The predicted octanol–water partition coefficient (Wildman–Crippen LogP) is 4.81. The molecule has 0 N–H and O–H groups in total. The van der Waals surface area contributed by atoms with Gasteiger partial charge in [0.25, 0.3) is 0 Å². The topological polar surface area (TPSA) is 124 Å². The van der Waals surface area contributed by atoms with Crippen molar-refractivity contribution < 1.29 is 47.6 Å². The number of hydrogen-bond donors (Lipinski definition) is 0. The minimum atomic E-state index is -0.737. The Balaban J connectivity index is 1.34. The number of esters is 4. The van der Waals surface area contributed by atoms with Crippen LogP contribution in [0.25, 0.3) is 0 Å². The van der Waals surface area contributed by atoms with Crippen molar-refractivity contribution in [2.75, 3.05) is 27.4 Å². The molecule has 2 aromatic rings. The van der Waals surface area contributed by atoms with Gasteiger partial charge in [0, 0.05) is 0 Å². The first-order valence-electron chi connectivity index (χ1n) is 13.2. The highest BCUT2D eigenvalue weighted by Gasteiger charge is 2.24. The molecular weight excluding hydrogens is 520 g/mol. The standard InChI is InChI=1S/C30H36O10/c1-19(39-29(33)25-9-5-7-23(15-25)27(31)35-3)37-17-21-11-13-22(14-12-21)18-38-20(2)40-30(34)26-10-6-8-24(16-26)28(32)36-4/h5-10,15-16,19-22H,11-14,17-18H2,1-4H3. The van der Waals surface area contributed by atoms with Crippen LogP contribution in [0.5, 0.6) is 0 Å². The maximum atomic E-state index is 12.4. The van der Waals surface area contributed by atoms with Crippen molar-refractivity contribution in [3.63, 3.8) is 0 Å². The monoisotopic (exact) mass is 556 g/mol. The summed E-state index contributed by atoms with van der Waals surface area (Å²) < 4.78 is 31.6. The van der Waals surface area contributed by atoms with Crippen LogP contribution in [0.3, 0.4) is 0 Å². The molecule has 1 aliphatic rings. The van der Waals surface area contributed by atoms with E-state index in [2.05, 4.69) is 9.47 Å². The third-order valence-electron chi connectivity index (χ3n) is 6.68. The van der Waals surface area contributed by atoms with Crippen molar-refractivity contribution in [2.45, 2.75) is 52.1 Å². The van der Waals surface area contributed by atoms with E-state index in [-0.39, 0.29) is 22.3 Å². The third-order valence-corrected chi connectivity index (χ3v) is 6.68. The van der Waals surface area contributed by atoms with E-state index in [1.807, 2.05) is 0 Å². The zero-order valence-corrected chi connectivity index (χ0v) is 23.3. The van der Waals surface area contributed by atoms with Crippen molar-refractivity contribution in [2.24, 2.45) is 11.8 Å². The Hall–Kier alpha value is -3.76. The number of carbonyl (C=O) groups excluding carboxylic acids is 4. The first kappa shape index (κ1) is 30.8. The molecule has 1 aliphatic carbocycles. The van der Waals surface area contributed by atoms with Crippen molar-refractivity contribution in [3.05, 3.63) is 70.8 Å². The van der Waals surface area contributed by atoms with Gasteiger partial charge in [-0.2, -0.15) is 0 Å². The van der Waals surface area contributed by atoms with E-state index in [1.54, 1.807) is 50.2 Å². The molecule has 3 rings (SSSR count). The Bertz CT molecular complexity index is 1080. The molecule has 216 valence electrons. The highest BCUT2D eigenvalue weighted by molar-refractivity contribution is 5.96. The quantitative estimate of drug-likeness (QED) is 0.204. The van der Waals surface area contributed by atoms with Crippen LogP contribution in [0.15, 0.2) is 48.5 Å². The molecule has 2 unspecified atom stereocenters. The van der Waals surface area contributed by atoms with Crippen LogP contribution in [0, 0.1) is 11.8 Å². The second-order valence-corrected chi connectivity index (χ2v) is 9.64. The molecule has 40 heavy (non-hydrogen) atoms. The molecule has 0 bridgehead atoms. The third kappa shape index (κ3) is 9.17. The summed E-state index contributed by atoms with van der Waals surface area (Å²) in [7, 11) is 2.55. The smallest absolute Gasteiger partial charge is 0.340 e. The fraction of sp³-hybridized carbons (Fsp3) is 0.467. The lowest BCUT2D eigenvalue weighted by Gasteiger charge is -2.29. The number of benzene rings is 2. The van der Waals surface area contributed by atoms with Gasteiger partial charge in [-0.05, 0) is 87.8 Å². The van der Waals surface area contributed by atoms with Gasteiger partial charge in [0.1, 0.15) is 0 Å². The Kier molecular flexibility index (Phi) is 11.6. The highest BCUT2D eigenvalue weighted by atomic mass is 16.7. The summed E-state index contributed by atoms with van der Waals surface area (Å²) in [5.41, 5.74) is 1.02. The Labute approximate surface area is 233 Å². The predicted molar refractivity (Wildman–Crippen MR) is 143 cm³/mol. The summed E-state index contributed by atoms with van der Waals surface area (Å²) in [6, 6.07) is 12.3. The van der Waals surface area contributed by atoms with Gasteiger partial charge in [-0.1, -0.05) is 12.1 Å². The minimum absolute atomic E-state index is 0.244. The molecule has 10 nitrogen and oxygen atoms in total. The molecule has 0 amide bonds. The number of methoxy groups -OCH3 is 2. The van der Waals surface area contributed by atoms with Crippen LogP contribution in [0.4, 0.5) is 0 Å². The zero-order valence-electron chi connectivity index (χ0n) is 23.3. The Morgan fingerprint density at radius 3 is 1.27 bits per heavy atom. The van der Waals surface area contributed by atoms with Gasteiger partial charge in [0.2, 0.25) is 0 Å². The maximum Gasteiger partial charge on any atom is 0.340 e. The van der Waals surface area contributed by atoms with Crippen molar-refractivity contribution in [3.8, 4) is 0 Å². The molecule has 1 saturated carbocycles. The molecule has 10 heteroatoms.